The maximum absolute atomic E-state index is 12.1. The fourth-order valence-corrected chi connectivity index (χ4v) is 2.14. The van der Waals surface area contributed by atoms with Crippen LogP contribution in [0.15, 0.2) is 41.3 Å². The Morgan fingerprint density at radius 1 is 1.33 bits per heavy atom. The monoisotopic (exact) mass is 285 g/mol. The number of ether oxygens (including phenoxy) is 1. The zero-order valence-electron chi connectivity index (χ0n) is 12.1. The molecule has 1 aromatic carbocycles. The molecule has 0 bridgehead atoms. The summed E-state index contributed by atoms with van der Waals surface area (Å²) >= 11 is 0. The Balaban J connectivity index is 1.67. The Hall–Kier alpha value is -2.30. The topological polar surface area (TPSA) is 56.1 Å². The lowest BCUT2D eigenvalue weighted by atomic mass is 10.2. The van der Waals surface area contributed by atoms with Crippen molar-refractivity contribution in [2.75, 3.05) is 19.0 Å². The van der Waals surface area contributed by atoms with E-state index in [-0.39, 0.29) is 5.56 Å². The molecule has 0 saturated heterocycles. The maximum atomic E-state index is 12.1. The SMILES string of the molecule is COc1ccc(Cn2ncc(NCC3CC3)cc2=O)cc1. The molecule has 0 aliphatic heterocycles. The average molecular weight is 285 g/mol. The molecule has 5 nitrogen and oxygen atoms in total. The summed E-state index contributed by atoms with van der Waals surface area (Å²) in [5.74, 6) is 1.57. The van der Waals surface area contributed by atoms with Crippen LogP contribution in [0.5, 0.6) is 5.75 Å². The largest absolute Gasteiger partial charge is 0.497 e. The number of nitrogens with zero attached hydrogens (tertiary/aromatic N) is 2. The van der Waals surface area contributed by atoms with Crippen molar-refractivity contribution < 1.29 is 4.74 Å². The van der Waals surface area contributed by atoms with Crippen molar-refractivity contribution in [3.8, 4) is 5.75 Å². The predicted molar refractivity (Wildman–Crippen MR) is 81.8 cm³/mol. The molecule has 1 aliphatic carbocycles. The van der Waals surface area contributed by atoms with Crippen molar-refractivity contribution in [1.29, 1.82) is 0 Å². The quantitative estimate of drug-likeness (QED) is 0.883. The third kappa shape index (κ3) is 3.62. The van der Waals surface area contributed by atoms with E-state index in [2.05, 4.69) is 10.4 Å². The van der Waals surface area contributed by atoms with E-state index >= 15 is 0 Å². The molecule has 1 saturated carbocycles. The minimum atomic E-state index is -0.0911. The highest BCUT2D eigenvalue weighted by molar-refractivity contribution is 5.39. The summed E-state index contributed by atoms with van der Waals surface area (Å²) in [7, 11) is 1.63. The van der Waals surface area contributed by atoms with E-state index in [1.807, 2.05) is 24.3 Å². The summed E-state index contributed by atoms with van der Waals surface area (Å²) in [5, 5.41) is 7.49. The molecule has 110 valence electrons. The van der Waals surface area contributed by atoms with Gasteiger partial charge in [0, 0.05) is 12.6 Å². The Bertz CT molecular complexity index is 660. The number of nitrogens with one attached hydrogen (secondary N) is 1. The summed E-state index contributed by atoms with van der Waals surface area (Å²) in [5.41, 5.74) is 1.73. The molecular formula is C16H19N3O2. The molecule has 1 aliphatic rings. The highest BCUT2D eigenvalue weighted by atomic mass is 16.5. The molecule has 0 atom stereocenters. The van der Waals surface area contributed by atoms with Crippen LogP contribution in [-0.4, -0.2) is 23.4 Å². The second-order valence-electron chi connectivity index (χ2n) is 5.41. The van der Waals surface area contributed by atoms with E-state index < -0.39 is 0 Å². The molecule has 0 amide bonds. The van der Waals surface area contributed by atoms with Gasteiger partial charge in [0.05, 0.1) is 25.5 Å². The third-order valence-electron chi connectivity index (χ3n) is 3.65. The lowest BCUT2D eigenvalue weighted by molar-refractivity contribution is 0.414. The normalized spacial score (nSPS) is 14.0. The van der Waals surface area contributed by atoms with Crippen LogP contribution in [0.1, 0.15) is 18.4 Å². The molecule has 2 aromatic rings. The molecule has 5 heteroatoms. The van der Waals surface area contributed by atoms with Gasteiger partial charge in [0.1, 0.15) is 5.75 Å². The smallest absolute Gasteiger partial charge is 0.269 e. The van der Waals surface area contributed by atoms with Crippen molar-refractivity contribution in [3.05, 3.63) is 52.4 Å². The summed E-state index contributed by atoms with van der Waals surface area (Å²) < 4.78 is 6.58. The van der Waals surface area contributed by atoms with E-state index in [4.69, 9.17) is 4.74 Å². The summed E-state index contributed by atoms with van der Waals surface area (Å²) in [4.78, 5) is 12.1. The van der Waals surface area contributed by atoms with Crippen LogP contribution in [0.2, 0.25) is 0 Å². The molecule has 1 aromatic heterocycles. The standard InChI is InChI=1S/C16H19N3O2/c1-21-15-6-4-13(5-7-15)11-19-16(20)8-14(10-18-19)17-9-12-2-3-12/h4-8,10,12,17H,2-3,9,11H2,1H3. The van der Waals surface area contributed by atoms with Gasteiger partial charge >= 0.3 is 0 Å². The molecular weight excluding hydrogens is 266 g/mol. The molecule has 1 heterocycles. The molecule has 3 rings (SSSR count). The van der Waals surface area contributed by atoms with Crippen LogP contribution in [0.4, 0.5) is 5.69 Å². The van der Waals surface area contributed by atoms with E-state index in [0.29, 0.717) is 6.54 Å². The van der Waals surface area contributed by atoms with Crippen LogP contribution >= 0.6 is 0 Å². The van der Waals surface area contributed by atoms with Gasteiger partial charge in [-0.3, -0.25) is 4.79 Å². The predicted octanol–water partition coefficient (Wildman–Crippen LogP) is 2.12. The summed E-state index contributed by atoms with van der Waals surface area (Å²) in [6.45, 7) is 1.40. The van der Waals surface area contributed by atoms with Crippen molar-refractivity contribution >= 4 is 5.69 Å². The molecule has 0 spiro atoms. The zero-order chi connectivity index (χ0) is 14.7. The zero-order valence-corrected chi connectivity index (χ0v) is 12.1. The average Bonchev–Trinajstić information content (AvgIpc) is 3.33. The van der Waals surface area contributed by atoms with Gasteiger partial charge in [0.15, 0.2) is 0 Å². The molecule has 1 N–H and O–H groups in total. The Labute approximate surface area is 123 Å². The van der Waals surface area contributed by atoms with Crippen molar-refractivity contribution in [3.63, 3.8) is 0 Å². The van der Waals surface area contributed by atoms with Gasteiger partial charge in [-0.15, -0.1) is 0 Å². The van der Waals surface area contributed by atoms with Crippen LogP contribution in [0, 0.1) is 5.92 Å². The fraction of sp³-hybridized carbons (Fsp3) is 0.375. The van der Waals surface area contributed by atoms with Gasteiger partial charge in [0.2, 0.25) is 0 Å². The van der Waals surface area contributed by atoms with Gasteiger partial charge in [-0.05, 0) is 36.5 Å². The van der Waals surface area contributed by atoms with Crippen molar-refractivity contribution in [2.24, 2.45) is 5.92 Å². The van der Waals surface area contributed by atoms with Crippen LogP contribution in [-0.2, 0) is 6.54 Å². The molecule has 1 fully saturated rings. The Morgan fingerprint density at radius 2 is 2.10 bits per heavy atom. The van der Waals surface area contributed by atoms with Gasteiger partial charge in [-0.1, -0.05) is 12.1 Å². The van der Waals surface area contributed by atoms with E-state index in [9.17, 15) is 4.79 Å². The molecule has 0 radical (unpaired) electrons. The second kappa shape index (κ2) is 5.99. The lowest BCUT2D eigenvalue weighted by Gasteiger charge is -2.08. The van der Waals surface area contributed by atoms with E-state index in [0.717, 1.165) is 29.5 Å². The van der Waals surface area contributed by atoms with Gasteiger partial charge in [-0.2, -0.15) is 5.10 Å². The number of aromatic nitrogens is 2. The number of anilines is 1. The second-order valence-corrected chi connectivity index (χ2v) is 5.41. The van der Waals surface area contributed by atoms with Gasteiger partial charge in [0.25, 0.3) is 5.56 Å². The number of hydrogen-bond donors (Lipinski definition) is 1. The van der Waals surface area contributed by atoms with Crippen LogP contribution in [0.25, 0.3) is 0 Å². The van der Waals surface area contributed by atoms with Crippen LogP contribution < -0.4 is 15.6 Å². The Morgan fingerprint density at radius 3 is 2.71 bits per heavy atom. The molecule has 21 heavy (non-hydrogen) atoms. The third-order valence-corrected chi connectivity index (χ3v) is 3.65. The first-order valence-electron chi connectivity index (χ1n) is 7.18. The highest BCUT2D eigenvalue weighted by Gasteiger charge is 2.20. The first-order valence-corrected chi connectivity index (χ1v) is 7.18. The Kier molecular flexibility index (Phi) is 3.90. The minimum Gasteiger partial charge on any atom is -0.497 e. The first-order chi connectivity index (χ1) is 10.2. The first kappa shape index (κ1) is 13.7. The summed E-state index contributed by atoms with van der Waals surface area (Å²) in [6.07, 6.45) is 4.29. The lowest BCUT2D eigenvalue weighted by Crippen LogP contribution is -2.23. The van der Waals surface area contributed by atoms with Crippen molar-refractivity contribution in [1.82, 2.24) is 9.78 Å². The minimum absolute atomic E-state index is 0.0911. The fourth-order valence-electron chi connectivity index (χ4n) is 2.14. The number of hydrogen-bond acceptors (Lipinski definition) is 4. The summed E-state index contributed by atoms with van der Waals surface area (Å²) in [6, 6.07) is 9.25. The number of methoxy groups -OCH3 is 1. The van der Waals surface area contributed by atoms with Gasteiger partial charge < -0.3 is 10.1 Å². The van der Waals surface area contributed by atoms with E-state index in [1.54, 1.807) is 19.4 Å². The maximum Gasteiger partial charge on any atom is 0.269 e. The number of rotatable bonds is 6. The number of benzene rings is 1. The molecule has 0 unspecified atom stereocenters. The highest BCUT2D eigenvalue weighted by Crippen LogP contribution is 2.28. The van der Waals surface area contributed by atoms with E-state index in [1.165, 1.54) is 17.5 Å². The van der Waals surface area contributed by atoms with Crippen LogP contribution in [0.3, 0.4) is 0 Å². The van der Waals surface area contributed by atoms with Crippen molar-refractivity contribution in [2.45, 2.75) is 19.4 Å². The van der Waals surface area contributed by atoms with Gasteiger partial charge in [-0.25, -0.2) is 4.68 Å².